The van der Waals surface area contributed by atoms with Crippen LogP contribution in [0.15, 0.2) is 18.2 Å². The number of fused-ring (bicyclic) bond motifs is 1. The highest BCUT2D eigenvalue weighted by atomic mass is 16.6. The molecule has 1 aromatic carbocycles. The molecular weight excluding hydrogens is 380 g/mol. The van der Waals surface area contributed by atoms with Gasteiger partial charge in [-0.2, -0.15) is 0 Å². The van der Waals surface area contributed by atoms with Gasteiger partial charge in [0.25, 0.3) is 17.7 Å². The Morgan fingerprint density at radius 3 is 2.48 bits per heavy atom. The quantitative estimate of drug-likeness (QED) is 0.576. The summed E-state index contributed by atoms with van der Waals surface area (Å²) in [5.41, 5.74) is 4.56. The topological polar surface area (TPSA) is 125 Å². The molecule has 2 heterocycles. The highest BCUT2D eigenvalue weighted by Gasteiger charge is 2.47. The van der Waals surface area contributed by atoms with E-state index in [4.69, 9.17) is 4.74 Å². The zero-order valence-corrected chi connectivity index (χ0v) is 16.6. The van der Waals surface area contributed by atoms with Gasteiger partial charge in [-0.1, -0.05) is 6.07 Å². The number of imide groups is 2. The molecule has 0 aromatic heterocycles. The molecule has 0 bridgehead atoms. The third-order valence-corrected chi connectivity index (χ3v) is 4.58. The lowest BCUT2D eigenvalue weighted by Gasteiger charge is -2.32. The minimum Gasteiger partial charge on any atom is -0.443 e. The number of carbonyl (C=O) groups excluding carboxylic acids is 5. The molecule has 3 rings (SSSR count). The van der Waals surface area contributed by atoms with Crippen molar-refractivity contribution >= 4 is 35.4 Å². The first-order valence-electron chi connectivity index (χ1n) is 9.07. The van der Waals surface area contributed by atoms with E-state index in [2.05, 4.69) is 10.9 Å². The highest BCUT2D eigenvalue weighted by molar-refractivity contribution is 6.25. The Morgan fingerprint density at radius 2 is 1.83 bits per heavy atom. The van der Waals surface area contributed by atoms with Crippen LogP contribution in [0.3, 0.4) is 0 Å². The van der Waals surface area contributed by atoms with Crippen LogP contribution in [0.2, 0.25) is 0 Å². The van der Waals surface area contributed by atoms with Gasteiger partial charge in [0, 0.05) is 13.5 Å². The van der Waals surface area contributed by atoms with Crippen molar-refractivity contribution in [2.45, 2.75) is 45.3 Å². The number of ether oxygens (including phenoxy) is 1. The highest BCUT2D eigenvalue weighted by Crippen LogP contribution is 2.32. The number of nitrogens with one attached hydrogen (secondary N) is 2. The second kappa shape index (κ2) is 7.19. The first kappa shape index (κ1) is 20.3. The monoisotopic (exact) mass is 402 g/mol. The maximum absolute atomic E-state index is 13.0. The van der Waals surface area contributed by atoms with Crippen LogP contribution in [-0.2, 0) is 14.3 Å². The molecule has 154 valence electrons. The Labute approximate surface area is 167 Å². The summed E-state index contributed by atoms with van der Waals surface area (Å²) in [6.07, 6.45) is -0.621. The Hall–Kier alpha value is -3.43. The van der Waals surface area contributed by atoms with Crippen molar-refractivity contribution in [2.75, 3.05) is 12.5 Å². The van der Waals surface area contributed by atoms with Crippen LogP contribution in [-0.4, -0.2) is 58.2 Å². The van der Waals surface area contributed by atoms with Gasteiger partial charge in [-0.15, -0.1) is 0 Å². The maximum Gasteiger partial charge on any atom is 0.426 e. The van der Waals surface area contributed by atoms with Crippen LogP contribution in [0, 0.1) is 0 Å². The first-order valence-corrected chi connectivity index (χ1v) is 9.07. The standard InChI is InChI=1S/C19H22N4O6/c1-19(2,3)29-18(28)21-20-11-7-5-6-10-14(11)17(27)23(15(10)25)12-8-9-13(24)22(4)16(12)26/h5-7,12,20H,8-9H2,1-4H3,(H,21,28). The number of benzene rings is 1. The number of hydrazine groups is 1. The molecule has 0 aliphatic carbocycles. The van der Waals surface area contributed by atoms with Gasteiger partial charge in [0.1, 0.15) is 11.6 Å². The molecule has 0 saturated carbocycles. The summed E-state index contributed by atoms with van der Waals surface area (Å²) < 4.78 is 5.12. The van der Waals surface area contributed by atoms with E-state index in [0.29, 0.717) is 0 Å². The van der Waals surface area contributed by atoms with Crippen molar-refractivity contribution in [1.29, 1.82) is 0 Å². The third kappa shape index (κ3) is 3.78. The molecule has 10 heteroatoms. The lowest BCUT2D eigenvalue weighted by Crippen LogP contribution is -2.54. The van der Waals surface area contributed by atoms with E-state index in [0.717, 1.165) is 9.80 Å². The van der Waals surface area contributed by atoms with Gasteiger partial charge in [0.15, 0.2) is 0 Å². The molecule has 5 amide bonds. The number of amides is 5. The second-order valence-electron chi connectivity index (χ2n) is 7.81. The first-order chi connectivity index (χ1) is 13.5. The minimum atomic E-state index is -1.04. The van der Waals surface area contributed by atoms with Crippen LogP contribution in [0.4, 0.5) is 10.5 Å². The molecule has 1 saturated heterocycles. The van der Waals surface area contributed by atoms with E-state index in [1.807, 2.05) is 0 Å². The second-order valence-corrected chi connectivity index (χ2v) is 7.81. The van der Waals surface area contributed by atoms with Crippen molar-refractivity contribution in [1.82, 2.24) is 15.2 Å². The van der Waals surface area contributed by atoms with E-state index < -0.39 is 35.5 Å². The third-order valence-electron chi connectivity index (χ3n) is 4.58. The molecule has 1 aromatic rings. The van der Waals surface area contributed by atoms with Crippen LogP contribution in [0.25, 0.3) is 0 Å². The number of nitrogens with zero attached hydrogens (tertiary/aromatic N) is 2. The summed E-state index contributed by atoms with van der Waals surface area (Å²) >= 11 is 0. The molecule has 29 heavy (non-hydrogen) atoms. The average molecular weight is 402 g/mol. The summed E-state index contributed by atoms with van der Waals surface area (Å²) in [6.45, 7) is 5.11. The van der Waals surface area contributed by atoms with Crippen molar-refractivity contribution in [3.05, 3.63) is 29.3 Å². The summed E-state index contributed by atoms with van der Waals surface area (Å²) in [7, 11) is 1.33. The number of rotatable bonds is 3. The van der Waals surface area contributed by atoms with Gasteiger partial charge in [-0.05, 0) is 39.3 Å². The molecule has 1 atom stereocenters. The fraction of sp³-hybridized carbons (Fsp3) is 0.421. The molecule has 1 unspecified atom stereocenters. The summed E-state index contributed by atoms with van der Waals surface area (Å²) in [6, 6.07) is 3.49. The van der Waals surface area contributed by atoms with Crippen molar-refractivity contribution in [3.63, 3.8) is 0 Å². The Kier molecular flexibility index (Phi) is 5.04. The Morgan fingerprint density at radius 1 is 1.14 bits per heavy atom. The normalized spacial score (nSPS) is 19.4. The summed E-state index contributed by atoms with van der Waals surface area (Å²) in [4.78, 5) is 63.7. The van der Waals surface area contributed by atoms with E-state index in [1.165, 1.54) is 19.2 Å². The van der Waals surface area contributed by atoms with Gasteiger partial charge in [-0.25, -0.2) is 10.2 Å². The molecule has 10 nitrogen and oxygen atoms in total. The van der Waals surface area contributed by atoms with Crippen LogP contribution < -0.4 is 10.9 Å². The molecule has 0 radical (unpaired) electrons. The number of piperidine rings is 1. The number of likely N-dealkylation sites (N-methyl/N-ethyl adjacent to an activating group) is 1. The Bertz CT molecular complexity index is 920. The van der Waals surface area contributed by atoms with Gasteiger partial charge in [0.05, 0.1) is 16.8 Å². The van der Waals surface area contributed by atoms with Gasteiger partial charge in [0.2, 0.25) is 5.91 Å². The molecule has 2 N–H and O–H groups in total. The van der Waals surface area contributed by atoms with Crippen LogP contribution in [0.1, 0.15) is 54.3 Å². The number of carbonyl (C=O) groups is 5. The number of hydrogen-bond donors (Lipinski definition) is 2. The van der Waals surface area contributed by atoms with Crippen LogP contribution in [0.5, 0.6) is 0 Å². The van der Waals surface area contributed by atoms with E-state index >= 15 is 0 Å². The summed E-state index contributed by atoms with van der Waals surface area (Å²) in [5.74, 6) is -2.24. The SMILES string of the molecule is CN1C(=O)CCC(N2C(=O)c3cccc(NNC(=O)OC(C)(C)C)c3C2=O)C1=O. The zero-order chi connectivity index (χ0) is 21.5. The molecule has 2 aliphatic heterocycles. The van der Waals surface area contributed by atoms with Crippen LogP contribution >= 0.6 is 0 Å². The van der Waals surface area contributed by atoms with Crippen molar-refractivity contribution < 1.29 is 28.7 Å². The molecule has 0 spiro atoms. The minimum absolute atomic E-state index is 0.0425. The predicted molar refractivity (Wildman–Crippen MR) is 101 cm³/mol. The van der Waals surface area contributed by atoms with E-state index in [9.17, 15) is 24.0 Å². The molecule has 1 fully saturated rings. The van der Waals surface area contributed by atoms with Crippen molar-refractivity contribution in [3.8, 4) is 0 Å². The van der Waals surface area contributed by atoms with E-state index in [-0.39, 0.29) is 35.6 Å². The maximum atomic E-state index is 13.0. The number of likely N-dealkylation sites (tertiary alicyclic amines) is 1. The van der Waals surface area contributed by atoms with Gasteiger partial charge < -0.3 is 4.74 Å². The largest absolute Gasteiger partial charge is 0.443 e. The fourth-order valence-corrected chi connectivity index (χ4v) is 3.25. The fourth-order valence-electron chi connectivity index (χ4n) is 3.25. The smallest absolute Gasteiger partial charge is 0.426 e. The number of hydrogen-bond acceptors (Lipinski definition) is 7. The van der Waals surface area contributed by atoms with Gasteiger partial charge >= 0.3 is 6.09 Å². The van der Waals surface area contributed by atoms with E-state index in [1.54, 1.807) is 26.8 Å². The average Bonchev–Trinajstić information content (AvgIpc) is 2.89. The molecular formula is C19H22N4O6. The lowest BCUT2D eigenvalue weighted by atomic mass is 10.0. The zero-order valence-electron chi connectivity index (χ0n) is 16.6. The number of anilines is 1. The van der Waals surface area contributed by atoms with Gasteiger partial charge in [-0.3, -0.25) is 34.4 Å². The lowest BCUT2D eigenvalue weighted by molar-refractivity contribution is -0.149. The summed E-state index contributed by atoms with van der Waals surface area (Å²) in [5, 5.41) is 0. The Balaban J connectivity index is 1.83. The predicted octanol–water partition coefficient (Wildman–Crippen LogP) is 1.28. The van der Waals surface area contributed by atoms with Crippen molar-refractivity contribution in [2.24, 2.45) is 0 Å². The molecule has 2 aliphatic rings.